The van der Waals surface area contributed by atoms with Crippen LogP contribution in [0.1, 0.15) is 56.6 Å². The van der Waals surface area contributed by atoms with Crippen molar-refractivity contribution in [2.24, 2.45) is 0 Å². The third kappa shape index (κ3) is 2.72. The van der Waals surface area contributed by atoms with Gasteiger partial charge in [0.1, 0.15) is 0 Å². The normalized spacial score (nSPS) is 26.6. The Morgan fingerprint density at radius 1 is 1.28 bits per heavy atom. The molecule has 3 nitrogen and oxygen atoms in total. The Balaban J connectivity index is 1.94. The monoisotopic (exact) mass is 335 g/mol. The third-order valence-corrected chi connectivity index (χ3v) is 5.79. The van der Waals surface area contributed by atoms with Crippen molar-refractivity contribution in [1.29, 1.82) is 0 Å². The molecule has 2 aliphatic rings. The van der Waals surface area contributed by atoms with E-state index in [1.165, 1.54) is 35.6 Å². The highest BCUT2D eigenvalue weighted by atomic mass is 16.5. The van der Waals surface area contributed by atoms with Gasteiger partial charge in [-0.2, -0.15) is 0 Å². The number of hydrogen-bond donors (Lipinski definition) is 1. The van der Waals surface area contributed by atoms with Crippen molar-refractivity contribution in [1.82, 2.24) is 5.32 Å². The largest absolute Gasteiger partial charge is 0.463 e. The van der Waals surface area contributed by atoms with Crippen LogP contribution in [-0.2, 0) is 9.53 Å². The average molecular weight is 335 g/mol. The average Bonchev–Trinajstić information content (AvgIpc) is 2.61. The van der Waals surface area contributed by atoms with Gasteiger partial charge in [0.25, 0.3) is 0 Å². The van der Waals surface area contributed by atoms with Crippen LogP contribution in [0.15, 0.2) is 42.5 Å². The molecule has 1 saturated carbocycles. The van der Waals surface area contributed by atoms with Crippen LogP contribution < -0.4 is 5.32 Å². The SMILES string of the molecule is CCOC(=O)/C=C1\N[C@]2(C)CCCC[C@H]2c2c1ccc1ccccc21. The second-order valence-electron chi connectivity index (χ2n) is 7.40. The van der Waals surface area contributed by atoms with E-state index in [4.69, 9.17) is 4.74 Å². The maximum absolute atomic E-state index is 12.1. The Kier molecular flexibility index (Phi) is 4.03. The van der Waals surface area contributed by atoms with Gasteiger partial charge in [-0.05, 0) is 43.0 Å². The van der Waals surface area contributed by atoms with Crippen molar-refractivity contribution in [2.45, 2.75) is 51.0 Å². The van der Waals surface area contributed by atoms with Crippen LogP contribution >= 0.6 is 0 Å². The fourth-order valence-electron chi connectivity index (χ4n) is 4.64. The van der Waals surface area contributed by atoms with Gasteiger partial charge in [0.05, 0.1) is 6.61 Å². The second kappa shape index (κ2) is 6.21. The number of fused-ring (bicyclic) bond motifs is 5. The summed E-state index contributed by atoms with van der Waals surface area (Å²) >= 11 is 0. The molecule has 0 bridgehead atoms. The van der Waals surface area contributed by atoms with Gasteiger partial charge in [-0.25, -0.2) is 4.79 Å². The molecule has 4 rings (SSSR count). The maximum Gasteiger partial charge on any atom is 0.332 e. The number of hydrogen-bond acceptors (Lipinski definition) is 3. The Labute approximate surface area is 149 Å². The first-order valence-electron chi connectivity index (χ1n) is 9.31. The van der Waals surface area contributed by atoms with Gasteiger partial charge in [0.15, 0.2) is 0 Å². The van der Waals surface area contributed by atoms with Crippen LogP contribution in [0.4, 0.5) is 0 Å². The molecule has 3 heteroatoms. The van der Waals surface area contributed by atoms with E-state index in [9.17, 15) is 4.79 Å². The molecule has 2 aromatic carbocycles. The summed E-state index contributed by atoms with van der Waals surface area (Å²) in [6.07, 6.45) is 6.44. The Morgan fingerprint density at radius 2 is 2.12 bits per heavy atom. The van der Waals surface area contributed by atoms with Gasteiger partial charge in [0, 0.05) is 28.8 Å². The van der Waals surface area contributed by atoms with Crippen molar-refractivity contribution < 1.29 is 9.53 Å². The minimum atomic E-state index is -0.276. The molecule has 1 heterocycles. The standard InChI is InChI=1S/C22H25NO2/c1-3-25-20(24)14-19-17-12-11-15-8-4-5-9-16(15)21(17)18-10-6-7-13-22(18,2)23-19/h4-5,8-9,11-12,14,18,23H,3,6-7,10,13H2,1-2H3/b19-14-/t18-,22+/m0/s1. The summed E-state index contributed by atoms with van der Waals surface area (Å²) in [5.41, 5.74) is 3.44. The molecule has 1 N–H and O–H groups in total. The molecular formula is C22H25NO2. The fraction of sp³-hybridized carbons (Fsp3) is 0.409. The molecule has 1 aliphatic carbocycles. The molecule has 1 fully saturated rings. The van der Waals surface area contributed by atoms with Gasteiger partial charge in [-0.3, -0.25) is 0 Å². The summed E-state index contributed by atoms with van der Waals surface area (Å²) in [4.78, 5) is 12.1. The van der Waals surface area contributed by atoms with Crippen LogP contribution in [0.2, 0.25) is 0 Å². The number of carbonyl (C=O) groups excluding carboxylic acids is 1. The molecule has 130 valence electrons. The molecule has 1 aliphatic heterocycles. The fourth-order valence-corrected chi connectivity index (χ4v) is 4.64. The number of ether oxygens (including phenoxy) is 1. The van der Waals surface area contributed by atoms with Gasteiger partial charge in [-0.15, -0.1) is 0 Å². The van der Waals surface area contributed by atoms with E-state index in [0.717, 1.165) is 17.7 Å². The highest BCUT2D eigenvalue weighted by Gasteiger charge is 2.43. The molecular weight excluding hydrogens is 310 g/mol. The van der Waals surface area contributed by atoms with Gasteiger partial charge in [0.2, 0.25) is 0 Å². The minimum absolute atomic E-state index is 0.00625. The number of benzene rings is 2. The molecule has 2 aromatic rings. The molecule has 0 aromatic heterocycles. The first kappa shape index (κ1) is 16.2. The molecule has 0 radical (unpaired) electrons. The van der Waals surface area contributed by atoms with Gasteiger partial charge >= 0.3 is 5.97 Å². The van der Waals surface area contributed by atoms with Gasteiger partial charge in [-0.1, -0.05) is 49.2 Å². The summed E-state index contributed by atoms with van der Waals surface area (Å²) in [6.45, 7) is 4.54. The smallest absolute Gasteiger partial charge is 0.332 e. The van der Waals surface area contributed by atoms with E-state index in [2.05, 4.69) is 48.6 Å². The van der Waals surface area contributed by atoms with Crippen LogP contribution in [0, 0.1) is 0 Å². The van der Waals surface area contributed by atoms with E-state index in [0.29, 0.717) is 12.5 Å². The van der Waals surface area contributed by atoms with Crippen LogP contribution in [0.3, 0.4) is 0 Å². The van der Waals surface area contributed by atoms with Gasteiger partial charge < -0.3 is 10.1 Å². The predicted octanol–water partition coefficient (Wildman–Crippen LogP) is 4.76. The zero-order valence-corrected chi connectivity index (χ0v) is 15.0. The van der Waals surface area contributed by atoms with Crippen molar-refractivity contribution >= 4 is 22.4 Å². The number of nitrogens with one attached hydrogen (secondary N) is 1. The molecule has 0 unspecified atom stereocenters. The highest BCUT2D eigenvalue weighted by molar-refractivity contribution is 5.97. The second-order valence-corrected chi connectivity index (χ2v) is 7.40. The van der Waals surface area contributed by atoms with E-state index in [1.54, 1.807) is 6.08 Å². The quantitative estimate of drug-likeness (QED) is 0.635. The summed E-state index contributed by atoms with van der Waals surface area (Å²) in [7, 11) is 0. The van der Waals surface area contributed by atoms with Crippen LogP contribution in [0.5, 0.6) is 0 Å². The lowest BCUT2D eigenvalue weighted by Gasteiger charge is -2.48. The molecule has 25 heavy (non-hydrogen) atoms. The third-order valence-electron chi connectivity index (χ3n) is 5.79. The lowest BCUT2D eigenvalue weighted by atomic mass is 9.66. The zero-order valence-electron chi connectivity index (χ0n) is 15.0. The van der Waals surface area contributed by atoms with Crippen molar-refractivity contribution in [3.8, 4) is 0 Å². The topological polar surface area (TPSA) is 38.3 Å². The maximum atomic E-state index is 12.1. The summed E-state index contributed by atoms with van der Waals surface area (Å²) in [5.74, 6) is 0.198. The minimum Gasteiger partial charge on any atom is -0.463 e. The summed E-state index contributed by atoms with van der Waals surface area (Å²) in [6, 6.07) is 12.9. The molecule has 0 saturated heterocycles. The van der Waals surface area contributed by atoms with Crippen LogP contribution in [-0.4, -0.2) is 18.1 Å². The Hall–Kier alpha value is -2.29. The number of carbonyl (C=O) groups is 1. The molecule has 0 spiro atoms. The Bertz CT molecular complexity index is 854. The van der Waals surface area contributed by atoms with E-state index < -0.39 is 0 Å². The van der Waals surface area contributed by atoms with Crippen molar-refractivity contribution in [2.75, 3.05) is 6.61 Å². The van der Waals surface area contributed by atoms with E-state index in [-0.39, 0.29) is 11.5 Å². The lowest BCUT2D eigenvalue weighted by Crippen LogP contribution is -2.51. The predicted molar refractivity (Wildman–Crippen MR) is 101 cm³/mol. The van der Waals surface area contributed by atoms with Crippen molar-refractivity contribution in [3.63, 3.8) is 0 Å². The zero-order chi connectivity index (χ0) is 17.4. The number of rotatable bonds is 2. The van der Waals surface area contributed by atoms with Crippen LogP contribution in [0.25, 0.3) is 16.5 Å². The van der Waals surface area contributed by atoms with E-state index >= 15 is 0 Å². The molecule has 2 atom stereocenters. The summed E-state index contributed by atoms with van der Waals surface area (Å²) < 4.78 is 5.16. The lowest BCUT2D eigenvalue weighted by molar-refractivity contribution is -0.137. The summed E-state index contributed by atoms with van der Waals surface area (Å²) in [5, 5.41) is 6.29. The van der Waals surface area contributed by atoms with E-state index in [1.807, 2.05) is 6.92 Å². The number of esters is 1. The highest BCUT2D eigenvalue weighted by Crippen LogP contribution is 2.49. The van der Waals surface area contributed by atoms with Crippen molar-refractivity contribution in [3.05, 3.63) is 53.6 Å². The first-order chi connectivity index (χ1) is 12.1. The first-order valence-corrected chi connectivity index (χ1v) is 9.31. The Morgan fingerprint density at radius 3 is 2.96 bits per heavy atom. The molecule has 0 amide bonds.